The number of amides is 1. The maximum Gasteiger partial charge on any atom is 0.256 e. The number of pyridine rings is 1. The highest BCUT2D eigenvalue weighted by Gasteiger charge is 2.17. The molecule has 1 aromatic carbocycles. The topological polar surface area (TPSA) is 33.2 Å². The summed E-state index contributed by atoms with van der Waals surface area (Å²) in [6, 6.07) is 11.8. The van der Waals surface area contributed by atoms with Crippen molar-refractivity contribution in [2.45, 2.75) is 13.8 Å². The van der Waals surface area contributed by atoms with Crippen LogP contribution < -0.4 is 0 Å². The fourth-order valence-electron chi connectivity index (χ4n) is 2.12. The lowest BCUT2D eigenvalue weighted by atomic mass is 10.0. The molecule has 0 atom stereocenters. The Labute approximate surface area is 113 Å². The molecule has 0 radical (unpaired) electrons. The molecule has 1 aromatic heterocycles. The third-order valence-corrected chi connectivity index (χ3v) is 3.19. The Bertz CT molecular complexity index is 548. The Balaban J connectivity index is 2.45. The van der Waals surface area contributed by atoms with E-state index in [1.165, 1.54) is 0 Å². The van der Waals surface area contributed by atoms with Gasteiger partial charge >= 0.3 is 0 Å². The van der Waals surface area contributed by atoms with Gasteiger partial charge in [0.25, 0.3) is 5.91 Å². The number of carbonyl (C=O) groups excluding carboxylic acids is 1. The monoisotopic (exact) mass is 254 g/mol. The second kappa shape index (κ2) is 6.14. The van der Waals surface area contributed by atoms with Gasteiger partial charge in [0, 0.05) is 25.5 Å². The lowest BCUT2D eigenvalue weighted by Crippen LogP contribution is -2.30. The molecule has 0 N–H and O–H groups in total. The maximum absolute atomic E-state index is 12.5. The molecule has 0 saturated carbocycles. The first-order valence-corrected chi connectivity index (χ1v) is 6.56. The Kier molecular flexibility index (Phi) is 4.29. The van der Waals surface area contributed by atoms with Crippen LogP contribution in [0.2, 0.25) is 0 Å². The minimum absolute atomic E-state index is 0.0388. The molecule has 2 rings (SSSR count). The van der Waals surface area contributed by atoms with Crippen LogP contribution in [0.4, 0.5) is 0 Å². The molecule has 2 aromatic rings. The zero-order chi connectivity index (χ0) is 13.7. The largest absolute Gasteiger partial charge is 0.339 e. The minimum atomic E-state index is 0.0388. The van der Waals surface area contributed by atoms with Gasteiger partial charge in [0.15, 0.2) is 0 Å². The van der Waals surface area contributed by atoms with Crippen LogP contribution in [0.25, 0.3) is 11.1 Å². The summed E-state index contributed by atoms with van der Waals surface area (Å²) in [6.07, 6.45) is 3.38. The fraction of sp³-hybridized carbons (Fsp3) is 0.250. The van der Waals surface area contributed by atoms with Crippen molar-refractivity contribution in [3.8, 4) is 11.1 Å². The Morgan fingerprint density at radius 2 is 1.79 bits per heavy atom. The number of benzene rings is 1. The van der Waals surface area contributed by atoms with Crippen LogP contribution in [-0.2, 0) is 0 Å². The molecule has 0 bridgehead atoms. The van der Waals surface area contributed by atoms with Gasteiger partial charge in [-0.15, -0.1) is 0 Å². The van der Waals surface area contributed by atoms with Crippen LogP contribution in [0, 0.1) is 0 Å². The minimum Gasteiger partial charge on any atom is -0.339 e. The zero-order valence-corrected chi connectivity index (χ0v) is 11.3. The number of hydrogen-bond donors (Lipinski definition) is 0. The van der Waals surface area contributed by atoms with Crippen molar-refractivity contribution in [1.82, 2.24) is 9.88 Å². The second-order valence-corrected chi connectivity index (χ2v) is 4.26. The van der Waals surface area contributed by atoms with E-state index in [2.05, 4.69) is 4.98 Å². The quantitative estimate of drug-likeness (QED) is 0.839. The van der Waals surface area contributed by atoms with Gasteiger partial charge in [0.1, 0.15) is 0 Å². The predicted molar refractivity (Wildman–Crippen MR) is 76.9 cm³/mol. The molecule has 3 heteroatoms. The predicted octanol–water partition coefficient (Wildman–Crippen LogP) is 3.23. The molecule has 1 heterocycles. The van der Waals surface area contributed by atoms with Gasteiger partial charge in [-0.25, -0.2) is 0 Å². The van der Waals surface area contributed by atoms with Crippen molar-refractivity contribution < 1.29 is 4.79 Å². The summed E-state index contributed by atoms with van der Waals surface area (Å²) in [5.41, 5.74) is 2.64. The molecule has 0 fully saturated rings. The van der Waals surface area contributed by atoms with Crippen molar-refractivity contribution in [2.24, 2.45) is 0 Å². The highest BCUT2D eigenvalue weighted by Crippen LogP contribution is 2.23. The highest BCUT2D eigenvalue weighted by atomic mass is 16.2. The zero-order valence-electron chi connectivity index (χ0n) is 11.3. The average Bonchev–Trinajstić information content (AvgIpc) is 2.49. The highest BCUT2D eigenvalue weighted by molar-refractivity contribution is 6.00. The smallest absolute Gasteiger partial charge is 0.256 e. The third kappa shape index (κ3) is 2.81. The van der Waals surface area contributed by atoms with E-state index in [1.807, 2.05) is 55.1 Å². The first kappa shape index (κ1) is 13.3. The maximum atomic E-state index is 12.5. The first-order valence-electron chi connectivity index (χ1n) is 6.56. The lowest BCUT2D eigenvalue weighted by molar-refractivity contribution is 0.0773. The molecular formula is C16H18N2O. The van der Waals surface area contributed by atoms with Crippen molar-refractivity contribution in [3.05, 3.63) is 54.4 Å². The number of rotatable bonds is 4. The van der Waals surface area contributed by atoms with Crippen LogP contribution in [0.3, 0.4) is 0 Å². The van der Waals surface area contributed by atoms with Crippen LogP contribution in [-0.4, -0.2) is 28.9 Å². The first-order chi connectivity index (χ1) is 9.27. The van der Waals surface area contributed by atoms with Crippen molar-refractivity contribution in [2.75, 3.05) is 13.1 Å². The molecule has 0 spiro atoms. The van der Waals surface area contributed by atoms with E-state index in [-0.39, 0.29) is 5.91 Å². The second-order valence-electron chi connectivity index (χ2n) is 4.26. The number of carbonyl (C=O) groups is 1. The van der Waals surface area contributed by atoms with Crippen molar-refractivity contribution in [1.29, 1.82) is 0 Å². The van der Waals surface area contributed by atoms with Crippen molar-refractivity contribution >= 4 is 5.91 Å². The number of hydrogen-bond acceptors (Lipinski definition) is 2. The SMILES string of the molecule is CCN(CC)C(=O)c1cnccc1-c1ccccc1. The fourth-order valence-corrected chi connectivity index (χ4v) is 2.12. The molecule has 0 aliphatic rings. The third-order valence-electron chi connectivity index (χ3n) is 3.19. The summed E-state index contributed by atoms with van der Waals surface area (Å²) in [4.78, 5) is 18.4. The Hall–Kier alpha value is -2.16. The number of nitrogens with zero attached hydrogens (tertiary/aromatic N) is 2. The van der Waals surface area contributed by atoms with Gasteiger partial charge in [0.05, 0.1) is 5.56 Å². The van der Waals surface area contributed by atoms with Crippen LogP contribution in [0.1, 0.15) is 24.2 Å². The molecule has 98 valence electrons. The van der Waals surface area contributed by atoms with Gasteiger partial charge in [-0.3, -0.25) is 9.78 Å². The Morgan fingerprint density at radius 3 is 2.42 bits per heavy atom. The summed E-state index contributed by atoms with van der Waals surface area (Å²) in [5, 5.41) is 0. The standard InChI is InChI=1S/C16H18N2O/c1-3-18(4-2)16(19)15-12-17-11-10-14(15)13-8-6-5-7-9-13/h5-12H,3-4H2,1-2H3. The van der Waals surface area contributed by atoms with E-state index < -0.39 is 0 Å². The molecule has 3 nitrogen and oxygen atoms in total. The summed E-state index contributed by atoms with van der Waals surface area (Å²) < 4.78 is 0. The molecule has 0 saturated heterocycles. The van der Waals surface area contributed by atoms with E-state index in [1.54, 1.807) is 12.4 Å². The summed E-state index contributed by atoms with van der Waals surface area (Å²) >= 11 is 0. The van der Waals surface area contributed by atoms with E-state index in [0.717, 1.165) is 11.1 Å². The molecular weight excluding hydrogens is 236 g/mol. The summed E-state index contributed by atoms with van der Waals surface area (Å²) in [5.74, 6) is 0.0388. The molecule has 0 aliphatic carbocycles. The summed E-state index contributed by atoms with van der Waals surface area (Å²) in [7, 11) is 0. The van der Waals surface area contributed by atoms with E-state index in [0.29, 0.717) is 18.7 Å². The van der Waals surface area contributed by atoms with E-state index in [4.69, 9.17) is 0 Å². The summed E-state index contributed by atoms with van der Waals surface area (Å²) in [6.45, 7) is 5.39. The molecule has 19 heavy (non-hydrogen) atoms. The average molecular weight is 254 g/mol. The van der Waals surface area contributed by atoms with E-state index in [9.17, 15) is 4.79 Å². The Morgan fingerprint density at radius 1 is 1.11 bits per heavy atom. The van der Waals surface area contributed by atoms with Gasteiger partial charge in [-0.2, -0.15) is 0 Å². The van der Waals surface area contributed by atoms with Gasteiger partial charge in [0.2, 0.25) is 0 Å². The van der Waals surface area contributed by atoms with Gasteiger partial charge in [-0.1, -0.05) is 30.3 Å². The van der Waals surface area contributed by atoms with Crippen molar-refractivity contribution in [3.63, 3.8) is 0 Å². The number of aromatic nitrogens is 1. The molecule has 0 unspecified atom stereocenters. The van der Waals surface area contributed by atoms with E-state index >= 15 is 0 Å². The molecule has 1 amide bonds. The van der Waals surface area contributed by atoms with Crippen LogP contribution in [0.15, 0.2) is 48.8 Å². The van der Waals surface area contributed by atoms with Gasteiger partial charge < -0.3 is 4.90 Å². The van der Waals surface area contributed by atoms with Crippen LogP contribution in [0.5, 0.6) is 0 Å². The van der Waals surface area contributed by atoms with Gasteiger partial charge in [-0.05, 0) is 31.0 Å². The lowest BCUT2D eigenvalue weighted by Gasteiger charge is -2.20. The van der Waals surface area contributed by atoms with Crippen LogP contribution >= 0.6 is 0 Å². The normalized spacial score (nSPS) is 10.2. The molecule has 0 aliphatic heterocycles.